The Balaban J connectivity index is 1.91. The highest BCUT2D eigenvalue weighted by Gasteiger charge is 2.30. The van der Waals surface area contributed by atoms with E-state index in [4.69, 9.17) is 0 Å². The average molecular weight is 347 g/mol. The van der Waals surface area contributed by atoms with Gasteiger partial charge < -0.3 is 10.0 Å². The summed E-state index contributed by atoms with van der Waals surface area (Å²) in [6.07, 6.45) is 8.24. The van der Waals surface area contributed by atoms with Crippen molar-refractivity contribution >= 4 is 5.91 Å². The minimum absolute atomic E-state index is 0.104. The van der Waals surface area contributed by atoms with Gasteiger partial charge in [-0.3, -0.25) is 4.79 Å². The molecule has 2 aromatic rings. The van der Waals surface area contributed by atoms with Crippen LogP contribution < -0.4 is 0 Å². The summed E-state index contributed by atoms with van der Waals surface area (Å²) in [5.41, 5.74) is 2.60. The van der Waals surface area contributed by atoms with Gasteiger partial charge in [0, 0.05) is 11.8 Å². The van der Waals surface area contributed by atoms with E-state index in [2.05, 4.69) is 6.92 Å². The van der Waals surface area contributed by atoms with Gasteiger partial charge in [-0.05, 0) is 42.2 Å². The van der Waals surface area contributed by atoms with Crippen molar-refractivity contribution in [3.8, 4) is 0 Å². The molecular weight excluding hydrogens is 322 g/mol. The first kappa shape index (κ1) is 18.2. The number of carbonyl (C=O) groups excluding carboxylic acids is 1. The number of nitrogens with zero attached hydrogens (tertiary/aromatic N) is 1. The highest BCUT2D eigenvalue weighted by Crippen LogP contribution is 2.29. The summed E-state index contributed by atoms with van der Waals surface area (Å²) in [5.74, 6) is -0.104. The third kappa shape index (κ3) is 4.12. The van der Waals surface area contributed by atoms with Crippen molar-refractivity contribution in [1.82, 2.24) is 4.90 Å². The van der Waals surface area contributed by atoms with Crippen LogP contribution in [0.3, 0.4) is 0 Å². The van der Waals surface area contributed by atoms with Gasteiger partial charge in [0.15, 0.2) is 0 Å². The van der Waals surface area contributed by atoms with Gasteiger partial charge in [-0.15, -0.1) is 0 Å². The van der Waals surface area contributed by atoms with E-state index in [1.807, 2.05) is 66.9 Å². The molecule has 3 heteroatoms. The van der Waals surface area contributed by atoms with Crippen molar-refractivity contribution in [1.29, 1.82) is 0 Å². The molecule has 1 amide bonds. The second-order valence-electron chi connectivity index (χ2n) is 6.59. The summed E-state index contributed by atoms with van der Waals surface area (Å²) < 4.78 is 0. The third-order valence-corrected chi connectivity index (χ3v) is 4.69. The number of aliphatic hydroxyl groups is 1. The van der Waals surface area contributed by atoms with Gasteiger partial charge in [0.25, 0.3) is 5.91 Å². The van der Waals surface area contributed by atoms with E-state index in [9.17, 15) is 9.90 Å². The molecule has 1 N–H and O–H groups in total. The Hall–Kier alpha value is -2.65. The van der Waals surface area contributed by atoms with Gasteiger partial charge >= 0.3 is 0 Å². The number of carbonyl (C=O) groups is 1. The van der Waals surface area contributed by atoms with Crippen molar-refractivity contribution in [3.63, 3.8) is 0 Å². The Labute approximate surface area is 155 Å². The Bertz CT molecular complexity index is 780. The number of hydrogen-bond acceptors (Lipinski definition) is 2. The second-order valence-corrected chi connectivity index (χ2v) is 6.59. The number of amides is 1. The van der Waals surface area contributed by atoms with Crippen LogP contribution >= 0.6 is 0 Å². The molecular formula is C23H25NO2. The zero-order valence-corrected chi connectivity index (χ0v) is 15.1. The molecule has 0 saturated carbocycles. The van der Waals surface area contributed by atoms with Gasteiger partial charge in [0.1, 0.15) is 6.10 Å². The molecule has 3 nitrogen and oxygen atoms in total. The predicted octanol–water partition coefficient (Wildman–Crippen LogP) is 4.87. The first-order chi connectivity index (χ1) is 12.7. The number of benzene rings is 2. The van der Waals surface area contributed by atoms with Gasteiger partial charge in [-0.1, -0.05) is 68.0 Å². The molecule has 0 fully saturated rings. The van der Waals surface area contributed by atoms with Gasteiger partial charge in [-0.25, -0.2) is 0 Å². The summed E-state index contributed by atoms with van der Waals surface area (Å²) in [4.78, 5) is 14.6. The number of hydrogen-bond donors (Lipinski definition) is 1. The van der Waals surface area contributed by atoms with Crippen molar-refractivity contribution in [2.24, 2.45) is 0 Å². The molecule has 0 radical (unpaired) electrons. The molecule has 26 heavy (non-hydrogen) atoms. The van der Waals surface area contributed by atoms with Crippen molar-refractivity contribution in [2.75, 3.05) is 0 Å². The van der Waals surface area contributed by atoms with Crippen molar-refractivity contribution in [3.05, 3.63) is 95.7 Å². The number of unbranched alkanes of at least 4 members (excludes halogenated alkanes) is 1. The van der Waals surface area contributed by atoms with Crippen molar-refractivity contribution in [2.45, 2.75) is 38.3 Å². The molecule has 1 aliphatic heterocycles. The van der Waals surface area contributed by atoms with Crippen LogP contribution in [0.15, 0.2) is 84.6 Å². The fourth-order valence-corrected chi connectivity index (χ4v) is 3.20. The Morgan fingerprint density at radius 1 is 1.08 bits per heavy atom. The minimum atomic E-state index is -0.773. The zero-order chi connectivity index (χ0) is 18.4. The van der Waals surface area contributed by atoms with E-state index < -0.39 is 12.1 Å². The summed E-state index contributed by atoms with van der Waals surface area (Å²) in [6, 6.07) is 18.3. The Morgan fingerprint density at radius 3 is 2.38 bits per heavy atom. The van der Waals surface area contributed by atoms with E-state index in [0.29, 0.717) is 5.56 Å². The fourth-order valence-electron chi connectivity index (χ4n) is 3.20. The number of rotatable bonds is 6. The van der Waals surface area contributed by atoms with E-state index in [0.717, 1.165) is 24.8 Å². The van der Waals surface area contributed by atoms with Crippen LogP contribution in [0.2, 0.25) is 0 Å². The quantitative estimate of drug-likeness (QED) is 0.809. The van der Waals surface area contributed by atoms with Crippen LogP contribution in [0.1, 0.15) is 48.2 Å². The molecule has 1 heterocycles. The molecule has 1 aliphatic rings. The van der Waals surface area contributed by atoms with Crippen LogP contribution in [0, 0.1) is 0 Å². The van der Waals surface area contributed by atoms with Gasteiger partial charge in [0.2, 0.25) is 0 Å². The third-order valence-electron chi connectivity index (χ3n) is 4.69. The molecule has 0 aromatic heterocycles. The van der Waals surface area contributed by atoms with Crippen LogP contribution in [0.5, 0.6) is 0 Å². The smallest absolute Gasteiger partial charge is 0.258 e. The lowest BCUT2D eigenvalue weighted by Gasteiger charge is -2.34. The molecule has 0 spiro atoms. The van der Waals surface area contributed by atoms with Crippen LogP contribution in [-0.4, -0.2) is 22.0 Å². The second kappa shape index (κ2) is 8.63. The Kier molecular flexibility index (Phi) is 6.03. The molecule has 0 bridgehead atoms. The molecule has 0 aliphatic carbocycles. The van der Waals surface area contributed by atoms with Crippen LogP contribution in [0.25, 0.3) is 0 Å². The van der Waals surface area contributed by atoms with E-state index in [1.165, 1.54) is 5.57 Å². The normalized spacial score (nSPS) is 17.7. The van der Waals surface area contributed by atoms with Crippen molar-refractivity contribution < 1.29 is 9.90 Å². The topological polar surface area (TPSA) is 40.5 Å². The zero-order valence-electron chi connectivity index (χ0n) is 15.1. The molecule has 2 atom stereocenters. The van der Waals surface area contributed by atoms with E-state index in [1.54, 1.807) is 17.0 Å². The van der Waals surface area contributed by atoms with Crippen LogP contribution in [0.4, 0.5) is 0 Å². The lowest BCUT2D eigenvalue weighted by Crippen LogP contribution is -2.40. The monoisotopic (exact) mass is 347 g/mol. The molecule has 3 rings (SSSR count). The van der Waals surface area contributed by atoms with Gasteiger partial charge in [0.05, 0.1) is 6.04 Å². The van der Waals surface area contributed by atoms with Crippen LogP contribution in [-0.2, 0) is 0 Å². The summed E-state index contributed by atoms with van der Waals surface area (Å²) >= 11 is 0. The predicted molar refractivity (Wildman–Crippen MR) is 105 cm³/mol. The lowest BCUT2D eigenvalue weighted by atomic mass is 9.94. The Morgan fingerprint density at radius 2 is 1.73 bits per heavy atom. The van der Waals surface area contributed by atoms with E-state index in [-0.39, 0.29) is 5.91 Å². The lowest BCUT2D eigenvalue weighted by molar-refractivity contribution is 0.0599. The SMILES string of the molecule is CCCCC1=C[C@@H]([C@@H](O)c2ccccc2)N(C(=O)c2ccccc2)C=C1. The largest absolute Gasteiger partial charge is 0.386 e. The molecule has 0 saturated heterocycles. The van der Waals surface area contributed by atoms with E-state index >= 15 is 0 Å². The highest BCUT2D eigenvalue weighted by molar-refractivity contribution is 5.95. The first-order valence-corrected chi connectivity index (χ1v) is 9.20. The maximum absolute atomic E-state index is 13.0. The molecule has 134 valence electrons. The van der Waals surface area contributed by atoms with Gasteiger partial charge in [-0.2, -0.15) is 0 Å². The highest BCUT2D eigenvalue weighted by atomic mass is 16.3. The maximum Gasteiger partial charge on any atom is 0.258 e. The summed E-state index contributed by atoms with van der Waals surface area (Å²) in [7, 11) is 0. The maximum atomic E-state index is 13.0. The average Bonchev–Trinajstić information content (AvgIpc) is 2.72. The summed E-state index contributed by atoms with van der Waals surface area (Å²) in [6.45, 7) is 2.16. The number of allylic oxidation sites excluding steroid dienone is 2. The fraction of sp³-hybridized carbons (Fsp3) is 0.261. The standard InChI is InChI=1S/C23H25NO2/c1-2-3-10-18-15-16-24(23(26)20-13-8-5-9-14-20)21(17-18)22(25)19-11-6-4-7-12-19/h4-9,11-17,21-22,25H,2-3,10H2,1H3/t21-,22-/m0/s1. The summed E-state index contributed by atoms with van der Waals surface area (Å²) in [5, 5.41) is 11.0. The number of aliphatic hydroxyl groups excluding tert-OH is 1. The first-order valence-electron chi connectivity index (χ1n) is 9.20. The molecule has 2 aromatic carbocycles. The molecule has 0 unspecified atom stereocenters. The minimum Gasteiger partial charge on any atom is -0.386 e.